The van der Waals surface area contributed by atoms with Crippen LogP contribution in [0.3, 0.4) is 0 Å². The van der Waals surface area contributed by atoms with Gasteiger partial charge in [0, 0.05) is 18.0 Å². The molecule has 2 aliphatic rings. The number of carbonyl (C=O) groups excluding carboxylic acids is 1. The van der Waals surface area contributed by atoms with Crippen LogP contribution in [0, 0.1) is 0 Å². The van der Waals surface area contributed by atoms with E-state index >= 15 is 0 Å². The molecule has 0 N–H and O–H groups in total. The van der Waals surface area contributed by atoms with Gasteiger partial charge in [0.15, 0.2) is 0 Å². The Balaban J connectivity index is 1.63. The molecule has 0 saturated carbocycles. The number of thiophene rings is 1. The number of rotatable bonds is 4. The van der Waals surface area contributed by atoms with Gasteiger partial charge in [-0.15, -0.1) is 11.3 Å². The first kappa shape index (κ1) is 16.9. The normalized spacial score (nSPS) is 28.5. The van der Waals surface area contributed by atoms with Gasteiger partial charge in [-0.25, -0.2) is 0 Å². The van der Waals surface area contributed by atoms with Gasteiger partial charge >= 0.3 is 0 Å². The van der Waals surface area contributed by atoms with Gasteiger partial charge in [-0.05, 0) is 38.4 Å². The minimum atomic E-state index is -0.317. The van der Waals surface area contributed by atoms with E-state index in [9.17, 15) is 4.79 Å². The number of hydrogen-bond acceptors (Lipinski definition) is 5. The molecule has 128 valence electrons. The lowest BCUT2D eigenvalue weighted by Crippen LogP contribution is -2.47. The lowest BCUT2D eigenvalue weighted by atomic mass is 10.00. The third-order valence-corrected chi connectivity index (χ3v) is 5.39. The van der Waals surface area contributed by atoms with Crippen molar-refractivity contribution in [2.45, 2.75) is 31.0 Å². The molecular weight excluding hydrogens is 312 g/mol. The molecule has 0 radical (unpaired) electrons. The largest absolute Gasteiger partial charge is 0.377 e. The van der Waals surface area contributed by atoms with Crippen molar-refractivity contribution in [3.8, 4) is 0 Å². The molecule has 23 heavy (non-hydrogen) atoms. The van der Waals surface area contributed by atoms with Crippen molar-refractivity contribution in [3.05, 3.63) is 22.4 Å². The van der Waals surface area contributed by atoms with Gasteiger partial charge in [-0.1, -0.05) is 6.07 Å². The molecule has 2 aliphatic heterocycles. The van der Waals surface area contributed by atoms with E-state index in [2.05, 4.69) is 19.0 Å². The summed E-state index contributed by atoms with van der Waals surface area (Å²) in [5.74, 6) is 0.178. The summed E-state index contributed by atoms with van der Waals surface area (Å²) in [7, 11) is 4.13. The summed E-state index contributed by atoms with van der Waals surface area (Å²) in [5, 5.41) is 2.02. The predicted molar refractivity (Wildman–Crippen MR) is 90.8 cm³/mol. The minimum Gasteiger partial charge on any atom is -0.377 e. The number of carbonyl (C=O) groups is 1. The van der Waals surface area contributed by atoms with E-state index < -0.39 is 0 Å². The molecular formula is C17H26N2O3S. The van der Waals surface area contributed by atoms with Crippen molar-refractivity contribution >= 4 is 17.2 Å². The highest BCUT2D eigenvalue weighted by atomic mass is 32.1. The Morgan fingerprint density at radius 3 is 3.13 bits per heavy atom. The minimum absolute atomic E-state index is 0.178. The maximum Gasteiger partial charge on any atom is 0.228 e. The molecule has 0 aliphatic carbocycles. The molecule has 1 aromatic heterocycles. The number of hydrogen-bond donors (Lipinski definition) is 0. The van der Waals surface area contributed by atoms with Crippen molar-refractivity contribution < 1.29 is 14.3 Å². The highest BCUT2D eigenvalue weighted by molar-refractivity contribution is 7.10. The second-order valence-electron chi connectivity index (χ2n) is 6.85. The Morgan fingerprint density at radius 2 is 2.39 bits per heavy atom. The smallest absolute Gasteiger partial charge is 0.228 e. The lowest BCUT2D eigenvalue weighted by Gasteiger charge is -2.32. The quantitative estimate of drug-likeness (QED) is 0.837. The van der Waals surface area contributed by atoms with E-state index in [0.717, 1.165) is 24.3 Å². The molecule has 1 amide bonds. The zero-order valence-electron chi connectivity index (χ0n) is 14.0. The maximum atomic E-state index is 12.6. The second kappa shape index (κ2) is 7.30. The molecule has 2 saturated heterocycles. The van der Waals surface area contributed by atoms with E-state index in [1.54, 1.807) is 11.3 Å². The van der Waals surface area contributed by atoms with Gasteiger partial charge < -0.3 is 19.3 Å². The summed E-state index contributed by atoms with van der Waals surface area (Å²) < 4.78 is 12.1. The third-order valence-electron chi connectivity index (χ3n) is 4.52. The fraction of sp³-hybridized carbons (Fsp3) is 0.706. The van der Waals surface area contributed by atoms with Crippen LogP contribution in [0.15, 0.2) is 17.5 Å². The van der Waals surface area contributed by atoms with Crippen LogP contribution in [-0.4, -0.2) is 74.4 Å². The average Bonchev–Trinajstić information content (AvgIpc) is 3.07. The fourth-order valence-corrected chi connectivity index (χ4v) is 4.14. The topological polar surface area (TPSA) is 42.0 Å². The van der Waals surface area contributed by atoms with E-state index in [-0.39, 0.29) is 17.6 Å². The van der Waals surface area contributed by atoms with E-state index in [1.807, 2.05) is 22.4 Å². The molecule has 0 bridgehead atoms. The Bertz CT molecular complexity index is 520. The molecule has 1 spiro atoms. The van der Waals surface area contributed by atoms with Crippen LogP contribution in [0.5, 0.6) is 0 Å². The maximum absolute atomic E-state index is 12.6. The van der Waals surface area contributed by atoms with Crippen LogP contribution in [0.4, 0.5) is 0 Å². The van der Waals surface area contributed by atoms with Gasteiger partial charge in [-0.3, -0.25) is 4.79 Å². The molecule has 3 rings (SSSR count). The van der Waals surface area contributed by atoms with Gasteiger partial charge in [0.2, 0.25) is 5.91 Å². The van der Waals surface area contributed by atoms with E-state index in [4.69, 9.17) is 9.47 Å². The Morgan fingerprint density at radius 1 is 1.52 bits per heavy atom. The van der Waals surface area contributed by atoms with E-state index in [1.165, 1.54) is 0 Å². The molecule has 5 nitrogen and oxygen atoms in total. The van der Waals surface area contributed by atoms with Crippen LogP contribution in [0.1, 0.15) is 17.7 Å². The highest BCUT2D eigenvalue weighted by Gasteiger charge is 2.43. The SMILES string of the molecule is CN(C)C[C@H]1CC[C@@]2(COCCN(C(=O)Cc3cccs3)C2)O1. The summed E-state index contributed by atoms with van der Waals surface area (Å²) in [6.45, 7) is 3.43. The standard InChI is InChI=1S/C17H26N2O3S/c1-18(2)11-14-5-6-17(22-14)12-19(7-8-21-13-17)16(20)10-15-4-3-9-23-15/h3-4,9,14H,5-8,10-13H2,1-2H3/t14-,17-/m1/s1. The number of likely N-dealkylation sites (N-methyl/N-ethyl adjacent to an activating group) is 1. The fourth-order valence-electron chi connectivity index (χ4n) is 3.45. The summed E-state index contributed by atoms with van der Waals surface area (Å²) in [5.41, 5.74) is -0.317. The van der Waals surface area contributed by atoms with Crippen LogP contribution < -0.4 is 0 Å². The molecule has 3 heterocycles. The van der Waals surface area contributed by atoms with Crippen molar-refractivity contribution in [1.29, 1.82) is 0 Å². The van der Waals surface area contributed by atoms with Crippen LogP contribution >= 0.6 is 11.3 Å². The van der Waals surface area contributed by atoms with Gasteiger partial charge in [0.25, 0.3) is 0 Å². The summed E-state index contributed by atoms with van der Waals surface area (Å²) in [6, 6.07) is 4.01. The van der Waals surface area contributed by atoms with Crippen molar-refractivity contribution in [3.63, 3.8) is 0 Å². The summed E-state index contributed by atoms with van der Waals surface area (Å²) in [6.07, 6.45) is 2.72. The molecule has 1 aromatic rings. The molecule has 0 unspecified atom stereocenters. The summed E-state index contributed by atoms with van der Waals surface area (Å²) in [4.78, 5) is 17.8. The first-order valence-electron chi connectivity index (χ1n) is 8.27. The van der Waals surface area contributed by atoms with Gasteiger partial charge in [0.05, 0.1) is 32.3 Å². The van der Waals surface area contributed by atoms with Gasteiger partial charge in [-0.2, -0.15) is 0 Å². The lowest BCUT2D eigenvalue weighted by molar-refractivity contribution is -0.135. The first-order chi connectivity index (χ1) is 11.1. The second-order valence-corrected chi connectivity index (χ2v) is 7.88. The number of amides is 1. The monoisotopic (exact) mass is 338 g/mol. The molecule has 2 atom stereocenters. The molecule has 0 aromatic carbocycles. The van der Waals surface area contributed by atoms with Crippen LogP contribution in [0.25, 0.3) is 0 Å². The van der Waals surface area contributed by atoms with Gasteiger partial charge in [0.1, 0.15) is 5.60 Å². The van der Waals surface area contributed by atoms with Crippen LogP contribution in [0.2, 0.25) is 0 Å². The Kier molecular flexibility index (Phi) is 5.36. The molecule has 2 fully saturated rings. The molecule has 6 heteroatoms. The number of ether oxygens (including phenoxy) is 2. The zero-order valence-corrected chi connectivity index (χ0v) is 14.8. The Hall–Kier alpha value is -0.950. The summed E-state index contributed by atoms with van der Waals surface area (Å²) >= 11 is 1.64. The first-order valence-corrected chi connectivity index (χ1v) is 9.15. The average molecular weight is 338 g/mol. The highest BCUT2D eigenvalue weighted by Crippen LogP contribution is 2.33. The third kappa shape index (κ3) is 4.32. The van der Waals surface area contributed by atoms with E-state index in [0.29, 0.717) is 32.7 Å². The Labute approximate surface area is 142 Å². The van der Waals surface area contributed by atoms with Crippen LogP contribution in [-0.2, 0) is 20.7 Å². The number of nitrogens with zero attached hydrogens (tertiary/aromatic N) is 2. The predicted octanol–water partition coefficient (Wildman–Crippen LogP) is 1.63. The van der Waals surface area contributed by atoms with Crippen molar-refractivity contribution in [1.82, 2.24) is 9.80 Å². The zero-order chi connectivity index (χ0) is 16.3. The van der Waals surface area contributed by atoms with Crippen molar-refractivity contribution in [2.24, 2.45) is 0 Å². The van der Waals surface area contributed by atoms with Crippen molar-refractivity contribution in [2.75, 3.05) is 46.9 Å².